The van der Waals surface area contributed by atoms with Gasteiger partial charge >= 0.3 is 0 Å². The first-order valence-electron chi connectivity index (χ1n) is 10.3. The minimum Gasteiger partial charge on any atom is -0.493 e. The van der Waals surface area contributed by atoms with Crippen LogP contribution < -0.4 is 4.74 Å². The molecule has 0 radical (unpaired) electrons. The minimum absolute atomic E-state index is 0.216. The first-order chi connectivity index (χ1) is 13.6. The van der Waals surface area contributed by atoms with E-state index in [4.69, 9.17) is 4.74 Å². The maximum absolute atomic E-state index is 12.0. The number of likely N-dealkylation sites (tertiary alicyclic amines) is 2. The number of nitrogens with zero attached hydrogens (tertiary/aromatic N) is 2. The first kappa shape index (κ1) is 19.0. The smallest absolute Gasteiger partial charge is 0.222 e. The third-order valence-electron chi connectivity index (χ3n) is 6.30. The van der Waals surface area contributed by atoms with E-state index in [1.807, 2.05) is 24.1 Å². The summed E-state index contributed by atoms with van der Waals surface area (Å²) in [6.45, 7) is 4.65. The number of amides is 1. The van der Waals surface area contributed by atoms with E-state index in [1.165, 1.54) is 11.1 Å². The van der Waals surface area contributed by atoms with Crippen molar-refractivity contribution in [2.75, 3.05) is 33.3 Å². The lowest BCUT2D eigenvalue weighted by Gasteiger charge is -2.38. The number of hydrogen-bond acceptors (Lipinski definition) is 3. The summed E-state index contributed by atoms with van der Waals surface area (Å²) in [5, 5.41) is 0. The highest BCUT2D eigenvalue weighted by molar-refractivity contribution is 5.79. The van der Waals surface area contributed by atoms with E-state index in [-0.39, 0.29) is 5.41 Å². The average molecular weight is 379 g/mol. The van der Waals surface area contributed by atoms with Crippen molar-refractivity contribution in [1.82, 2.24) is 9.80 Å². The molecule has 1 spiro atoms. The number of carbonyl (C=O) groups excluding carboxylic acids is 1. The Morgan fingerprint density at radius 3 is 2.43 bits per heavy atom. The molecule has 0 aliphatic carbocycles. The van der Waals surface area contributed by atoms with E-state index in [1.54, 1.807) is 0 Å². The quantitative estimate of drug-likeness (QED) is 0.767. The predicted molar refractivity (Wildman–Crippen MR) is 111 cm³/mol. The van der Waals surface area contributed by atoms with Crippen LogP contribution in [0, 0.1) is 5.41 Å². The molecule has 0 unspecified atom stereocenters. The molecule has 0 bridgehead atoms. The Labute approximate surface area is 168 Å². The van der Waals surface area contributed by atoms with Crippen LogP contribution in [0.2, 0.25) is 0 Å². The molecule has 0 aromatic heterocycles. The van der Waals surface area contributed by atoms with Gasteiger partial charge in [-0.1, -0.05) is 48.5 Å². The van der Waals surface area contributed by atoms with Crippen molar-refractivity contribution in [3.8, 4) is 5.75 Å². The van der Waals surface area contributed by atoms with Gasteiger partial charge in [-0.15, -0.1) is 0 Å². The number of benzene rings is 2. The number of rotatable bonds is 6. The molecule has 2 aromatic carbocycles. The van der Waals surface area contributed by atoms with Crippen LogP contribution in [0.15, 0.2) is 54.6 Å². The van der Waals surface area contributed by atoms with Crippen molar-refractivity contribution in [3.05, 3.63) is 65.7 Å². The second-order valence-corrected chi connectivity index (χ2v) is 8.39. The van der Waals surface area contributed by atoms with Gasteiger partial charge in [0, 0.05) is 38.5 Å². The Hall–Kier alpha value is -2.33. The topological polar surface area (TPSA) is 32.8 Å². The molecule has 4 heteroatoms. The molecule has 0 saturated carbocycles. The first-order valence-corrected chi connectivity index (χ1v) is 10.3. The van der Waals surface area contributed by atoms with Crippen molar-refractivity contribution in [3.63, 3.8) is 0 Å². The van der Waals surface area contributed by atoms with Gasteiger partial charge in [0.1, 0.15) is 5.75 Å². The Morgan fingerprint density at radius 1 is 1.00 bits per heavy atom. The summed E-state index contributed by atoms with van der Waals surface area (Å²) >= 11 is 0. The van der Waals surface area contributed by atoms with E-state index in [0.29, 0.717) is 12.5 Å². The molecule has 2 fully saturated rings. The van der Waals surface area contributed by atoms with Crippen LogP contribution in [-0.4, -0.2) is 49.0 Å². The van der Waals surface area contributed by atoms with Crippen LogP contribution in [0.1, 0.15) is 30.4 Å². The van der Waals surface area contributed by atoms with Gasteiger partial charge in [0.15, 0.2) is 0 Å². The van der Waals surface area contributed by atoms with Crippen LogP contribution in [0.25, 0.3) is 0 Å². The summed E-state index contributed by atoms with van der Waals surface area (Å²) in [6, 6.07) is 18.9. The molecule has 2 aliphatic rings. The van der Waals surface area contributed by atoms with Crippen LogP contribution >= 0.6 is 0 Å². The monoisotopic (exact) mass is 378 g/mol. The standard InChI is InChI=1S/C24H30N2O2/c1-25-19-24(17-23(25)27)12-14-26(15-13-24)18-21-9-5-6-10-22(21)28-16-11-20-7-3-2-4-8-20/h2-10H,11-19H2,1H3. The molecule has 2 saturated heterocycles. The van der Waals surface area contributed by atoms with Gasteiger partial charge in [-0.05, 0) is 43.0 Å². The van der Waals surface area contributed by atoms with Crippen molar-refractivity contribution < 1.29 is 9.53 Å². The largest absolute Gasteiger partial charge is 0.493 e. The minimum atomic E-state index is 0.216. The van der Waals surface area contributed by atoms with Gasteiger partial charge in [0.25, 0.3) is 0 Å². The van der Waals surface area contributed by atoms with Gasteiger partial charge in [-0.25, -0.2) is 0 Å². The summed E-state index contributed by atoms with van der Waals surface area (Å²) in [6.07, 6.45) is 3.87. The molecule has 148 valence electrons. The molecule has 28 heavy (non-hydrogen) atoms. The highest BCUT2D eigenvalue weighted by Gasteiger charge is 2.43. The normalized spacial score (nSPS) is 19.3. The summed E-state index contributed by atoms with van der Waals surface area (Å²) in [7, 11) is 1.94. The van der Waals surface area contributed by atoms with Gasteiger partial charge in [0.05, 0.1) is 6.61 Å². The summed E-state index contributed by atoms with van der Waals surface area (Å²) in [5.74, 6) is 1.31. The van der Waals surface area contributed by atoms with E-state index in [9.17, 15) is 4.79 Å². The molecule has 4 rings (SSSR count). The highest BCUT2D eigenvalue weighted by Crippen LogP contribution is 2.40. The molecule has 0 atom stereocenters. The number of para-hydroxylation sites is 1. The number of carbonyl (C=O) groups is 1. The van der Waals surface area contributed by atoms with Crippen molar-refractivity contribution in [2.24, 2.45) is 5.41 Å². The molecular formula is C24H30N2O2. The van der Waals surface area contributed by atoms with E-state index in [0.717, 1.165) is 57.6 Å². The molecule has 2 heterocycles. The number of hydrogen-bond donors (Lipinski definition) is 0. The molecule has 0 N–H and O–H groups in total. The van der Waals surface area contributed by atoms with Crippen molar-refractivity contribution in [1.29, 1.82) is 0 Å². The number of ether oxygens (including phenoxy) is 1. The van der Waals surface area contributed by atoms with Crippen molar-refractivity contribution in [2.45, 2.75) is 32.2 Å². The van der Waals surface area contributed by atoms with E-state index in [2.05, 4.69) is 47.4 Å². The fraction of sp³-hybridized carbons (Fsp3) is 0.458. The molecular weight excluding hydrogens is 348 g/mol. The highest BCUT2D eigenvalue weighted by atomic mass is 16.5. The lowest BCUT2D eigenvalue weighted by atomic mass is 9.77. The zero-order valence-corrected chi connectivity index (χ0v) is 16.8. The predicted octanol–water partition coefficient (Wildman–Crippen LogP) is 3.75. The second-order valence-electron chi connectivity index (χ2n) is 8.39. The SMILES string of the molecule is CN1CC2(CCN(Cc3ccccc3OCCc3ccccc3)CC2)CC1=O. The summed E-state index contributed by atoms with van der Waals surface area (Å²) in [5.41, 5.74) is 2.78. The maximum Gasteiger partial charge on any atom is 0.222 e. The van der Waals surface area contributed by atoms with Crippen LogP contribution in [0.5, 0.6) is 5.75 Å². The Morgan fingerprint density at radius 2 is 1.71 bits per heavy atom. The van der Waals surface area contributed by atoms with Crippen molar-refractivity contribution >= 4 is 5.91 Å². The van der Waals surface area contributed by atoms with Gasteiger partial charge in [0.2, 0.25) is 5.91 Å². The lowest BCUT2D eigenvalue weighted by Crippen LogP contribution is -2.40. The van der Waals surface area contributed by atoms with Gasteiger partial charge in [-0.3, -0.25) is 9.69 Å². The van der Waals surface area contributed by atoms with E-state index < -0.39 is 0 Å². The lowest BCUT2D eigenvalue weighted by molar-refractivity contribution is -0.126. The van der Waals surface area contributed by atoms with Crippen LogP contribution in [-0.2, 0) is 17.8 Å². The van der Waals surface area contributed by atoms with Gasteiger partial charge < -0.3 is 9.64 Å². The summed E-state index contributed by atoms with van der Waals surface area (Å²) < 4.78 is 6.13. The Kier molecular flexibility index (Phi) is 5.67. The average Bonchev–Trinajstić information content (AvgIpc) is 2.99. The summed E-state index contributed by atoms with van der Waals surface area (Å²) in [4.78, 5) is 16.4. The van der Waals surface area contributed by atoms with Crippen LogP contribution in [0.4, 0.5) is 0 Å². The zero-order valence-electron chi connectivity index (χ0n) is 16.8. The third-order valence-corrected chi connectivity index (χ3v) is 6.30. The van der Waals surface area contributed by atoms with E-state index >= 15 is 0 Å². The zero-order chi connectivity index (χ0) is 19.4. The Bertz CT molecular complexity index is 797. The third kappa shape index (κ3) is 4.39. The van der Waals surface area contributed by atoms with Crippen LogP contribution in [0.3, 0.4) is 0 Å². The fourth-order valence-electron chi connectivity index (χ4n) is 4.56. The number of piperidine rings is 1. The molecule has 2 aromatic rings. The maximum atomic E-state index is 12.0. The second kappa shape index (κ2) is 8.36. The molecule has 2 aliphatic heterocycles. The Balaban J connectivity index is 1.31. The molecule has 4 nitrogen and oxygen atoms in total. The van der Waals surface area contributed by atoms with Gasteiger partial charge in [-0.2, -0.15) is 0 Å². The molecule has 1 amide bonds. The fourth-order valence-corrected chi connectivity index (χ4v) is 4.56.